The number of amides is 2. The second-order valence-electron chi connectivity index (χ2n) is 6.71. The summed E-state index contributed by atoms with van der Waals surface area (Å²) in [5.41, 5.74) is 1.19. The maximum Gasteiger partial charge on any atom is 0.317 e. The van der Waals surface area contributed by atoms with Crippen LogP contribution in [0, 0.1) is 0 Å². The molecule has 1 fully saturated rings. The molecule has 3 N–H and O–H groups in total. The minimum absolute atomic E-state index is 0.0302. The van der Waals surface area contributed by atoms with Gasteiger partial charge in [0.15, 0.2) is 0 Å². The van der Waals surface area contributed by atoms with E-state index >= 15 is 0 Å². The number of hydrogen-bond donors (Lipinski definition) is 3. The van der Waals surface area contributed by atoms with Crippen LogP contribution < -0.4 is 10.6 Å². The second kappa shape index (κ2) is 7.67. The lowest BCUT2D eigenvalue weighted by molar-refractivity contribution is -0.139. The number of aliphatic carboxylic acids is 1. The fourth-order valence-corrected chi connectivity index (χ4v) is 4.23. The largest absolute Gasteiger partial charge is 0.480 e. The first-order chi connectivity index (χ1) is 12.4. The van der Waals surface area contributed by atoms with Crippen molar-refractivity contribution >= 4 is 35.2 Å². The third kappa shape index (κ3) is 4.02. The zero-order chi connectivity index (χ0) is 18.8. The Balaban J connectivity index is 1.56. The monoisotopic (exact) mass is 377 g/mol. The molecule has 0 radical (unpaired) electrons. The first kappa shape index (κ1) is 18.7. The molecule has 8 heteroatoms. The van der Waals surface area contributed by atoms with Crippen LogP contribution in [0.4, 0.5) is 5.69 Å². The summed E-state index contributed by atoms with van der Waals surface area (Å²) in [6.45, 7) is 4.50. The molecule has 1 unspecified atom stereocenters. The molecule has 26 heavy (non-hydrogen) atoms. The summed E-state index contributed by atoms with van der Waals surface area (Å²) < 4.78 is 0. The Labute approximate surface area is 156 Å². The summed E-state index contributed by atoms with van der Waals surface area (Å²) in [6, 6.07) is 5.59. The number of carbonyl (C=O) groups is 3. The molecule has 140 valence electrons. The average molecular weight is 377 g/mol. The first-order valence-electron chi connectivity index (χ1n) is 8.75. The Hall–Kier alpha value is -2.06. The van der Waals surface area contributed by atoms with Crippen molar-refractivity contribution in [1.29, 1.82) is 0 Å². The third-order valence-electron chi connectivity index (χ3n) is 4.88. The van der Waals surface area contributed by atoms with Gasteiger partial charge in [0.1, 0.15) is 0 Å². The van der Waals surface area contributed by atoms with Gasteiger partial charge >= 0.3 is 5.97 Å². The molecule has 1 atom stereocenters. The minimum Gasteiger partial charge on any atom is -0.480 e. The quantitative estimate of drug-likeness (QED) is 0.699. The molecule has 0 bridgehead atoms. The van der Waals surface area contributed by atoms with E-state index in [2.05, 4.69) is 10.6 Å². The van der Waals surface area contributed by atoms with Crippen LogP contribution in [0.3, 0.4) is 0 Å². The van der Waals surface area contributed by atoms with Crippen LogP contribution in [-0.2, 0) is 9.59 Å². The molecule has 2 amide bonds. The fraction of sp³-hybridized carbons (Fsp3) is 0.500. The zero-order valence-corrected chi connectivity index (χ0v) is 15.6. The number of thioether (sulfide) groups is 1. The summed E-state index contributed by atoms with van der Waals surface area (Å²) in [5, 5.41) is 14.6. The highest BCUT2D eigenvalue weighted by atomic mass is 32.2. The molecule has 1 aliphatic carbocycles. The van der Waals surface area contributed by atoms with Gasteiger partial charge in [-0.25, -0.2) is 0 Å². The standard InChI is InChI=1S/C18H23N3O4S/c1-3-21(9-16(22)23)13-7-12(8-13)19-18(25)11-4-5-15-14(6-11)20-17(24)10(2)26-15/h4-6,10,12-13H,3,7-9H2,1-2H3,(H,19,25)(H,20,24)(H,22,23). The van der Waals surface area contributed by atoms with Crippen LogP contribution in [0.5, 0.6) is 0 Å². The number of carboxylic acids is 1. The second-order valence-corrected chi connectivity index (χ2v) is 8.10. The lowest BCUT2D eigenvalue weighted by Gasteiger charge is -2.42. The van der Waals surface area contributed by atoms with Gasteiger partial charge in [-0.05, 0) is 44.5 Å². The third-order valence-corrected chi connectivity index (χ3v) is 6.06. The van der Waals surface area contributed by atoms with Crippen molar-refractivity contribution in [2.75, 3.05) is 18.4 Å². The van der Waals surface area contributed by atoms with Crippen molar-refractivity contribution in [3.05, 3.63) is 23.8 Å². The summed E-state index contributed by atoms with van der Waals surface area (Å²) in [7, 11) is 0. The van der Waals surface area contributed by atoms with Crippen molar-refractivity contribution < 1.29 is 19.5 Å². The van der Waals surface area contributed by atoms with Crippen LogP contribution in [0.15, 0.2) is 23.1 Å². The molecule has 1 aromatic carbocycles. The molecular weight excluding hydrogens is 354 g/mol. The SMILES string of the molecule is CCN(CC(=O)O)C1CC(NC(=O)c2ccc3c(c2)NC(=O)C(C)S3)C1. The molecule has 2 aliphatic rings. The van der Waals surface area contributed by atoms with Gasteiger partial charge in [0, 0.05) is 22.5 Å². The molecule has 1 aromatic rings. The number of rotatable bonds is 6. The predicted molar refractivity (Wildman–Crippen MR) is 99.5 cm³/mol. The number of likely N-dealkylation sites (N-methyl/N-ethyl adjacent to an activating group) is 1. The highest BCUT2D eigenvalue weighted by Gasteiger charge is 2.35. The Bertz CT molecular complexity index is 733. The van der Waals surface area contributed by atoms with Gasteiger partial charge in [-0.3, -0.25) is 19.3 Å². The maximum absolute atomic E-state index is 12.5. The number of nitrogens with zero attached hydrogens (tertiary/aromatic N) is 1. The van der Waals surface area contributed by atoms with Crippen LogP contribution in [0.25, 0.3) is 0 Å². The van der Waals surface area contributed by atoms with Gasteiger partial charge in [0.25, 0.3) is 5.91 Å². The van der Waals surface area contributed by atoms with Crippen molar-refractivity contribution in [3.63, 3.8) is 0 Å². The Kier molecular flexibility index (Phi) is 5.52. The topological polar surface area (TPSA) is 98.7 Å². The van der Waals surface area contributed by atoms with Gasteiger partial charge in [0.2, 0.25) is 5.91 Å². The van der Waals surface area contributed by atoms with E-state index in [1.807, 2.05) is 24.8 Å². The van der Waals surface area contributed by atoms with Gasteiger partial charge in [-0.15, -0.1) is 11.8 Å². The predicted octanol–water partition coefficient (Wildman–Crippen LogP) is 1.79. The van der Waals surface area contributed by atoms with Crippen molar-refractivity contribution in [2.45, 2.75) is 48.9 Å². The smallest absolute Gasteiger partial charge is 0.317 e. The summed E-state index contributed by atoms with van der Waals surface area (Å²) in [4.78, 5) is 38.0. The minimum atomic E-state index is -0.831. The van der Waals surface area contributed by atoms with E-state index in [0.717, 1.165) is 17.7 Å². The normalized spacial score (nSPS) is 24.4. The fourth-order valence-electron chi connectivity index (χ4n) is 3.30. The van der Waals surface area contributed by atoms with Crippen LogP contribution >= 0.6 is 11.8 Å². The van der Waals surface area contributed by atoms with E-state index in [1.165, 1.54) is 11.8 Å². The van der Waals surface area contributed by atoms with Gasteiger partial charge in [0.05, 0.1) is 17.5 Å². The highest BCUT2D eigenvalue weighted by Crippen LogP contribution is 2.36. The Morgan fingerprint density at radius 2 is 2.12 bits per heavy atom. The van der Waals surface area contributed by atoms with Crippen molar-refractivity contribution in [2.24, 2.45) is 0 Å². The van der Waals surface area contributed by atoms with E-state index in [9.17, 15) is 14.4 Å². The molecule has 0 saturated heterocycles. The number of carboxylic acid groups (broad SMARTS) is 1. The molecule has 1 saturated carbocycles. The van der Waals surface area contributed by atoms with Crippen molar-refractivity contribution in [3.8, 4) is 0 Å². The number of carbonyl (C=O) groups excluding carboxylic acids is 2. The van der Waals surface area contributed by atoms with Crippen LogP contribution in [0.2, 0.25) is 0 Å². The lowest BCUT2D eigenvalue weighted by Crippen LogP contribution is -2.54. The molecule has 1 heterocycles. The van der Waals surface area contributed by atoms with E-state index in [1.54, 1.807) is 12.1 Å². The summed E-state index contributed by atoms with van der Waals surface area (Å²) in [6.07, 6.45) is 1.50. The van der Waals surface area contributed by atoms with Gasteiger partial charge in [-0.2, -0.15) is 0 Å². The van der Waals surface area contributed by atoms with Gasteiger partial charge in [-0.1, -0.05) is 6.92 Å². The Morgan fingerprint density at radius 3 is 2.77 bits per heavy atom. The first-order valence-corrected chi connectivity index (χ1v) is 9.63. The number of fused-ring (bicyclic) bond motifs is 1. The van der Waals surface area contributed by atoms with E-state index in [0.29, 0.717) is 17.8 Å². The van der Waals surface area contributed by atoms with Crippen molar-refractivity contribution in [1.82, 2.24) is 10.2 Å². The maximum atomic E-state index is 12.5. The van der Waals surface area contributed by atoms with Gasteiger partial charge < -0.3 is 15.7 Å². The number of benzene rings is 1. The number of hydrogen-bond acceptors (Lipinski definition) is 5. The summed E-state index contributed by atoms with van der Waals surface area (Å²) >= 11 is 1.48. The molecule has 0 spiro atoms. The van der Waals surface area contributed by atoms with E-state index in [4.69, 9.17) is 5.11 Å². The molecule has 0 aromatic heterocycles. The summed E-state index contributed by atoms with van der Waals surface area (Å²) in [5.74, 6) is -1.06. The lowest BCUT2D eigenvalue weighted by atomic mass is 9.85. The zero-order valence-electron chi connectivity index (χ0n) is 14.8. The number of nitrogens with one attached hydrogen (secondary N) is 2. The molecular formula is C18H23N3O4S. The molecule has 1 aliphatic heterocycles. The highest BCUT2D eigenvalue weighted by molar-refractivity contribution is 8.00. The molecule has 3 rings (SSSR count). The average Bonchev–Trinajstić information content (AvgIpc) is 2.56. The van der Waals surface area contributed by atoms with Crippen LogP contribution in [0.1, 0.15) is 37.0 Å². The Morgan fingerprint density at radius 1 is 1.38 bits per heavy atom. The van der Waals surface area contributed by atoms with E-state index < -0.39 is 5.97 Å². The molecule has 7 nitrogen and oxygen atoms in total. The van der Waals surface area contributed by atoms with E-state index in [-0.39, 0.29) is 35.7 Å². The van der Waals surface area contributed by atoms with Crippen LogP contribution in [-0.4, -0.2) is 58.2 Å². The number of anilines is 1.